The minimum absolute atomic E-state index is 0.0343. The van der Waals surface area contributed by atoms with E-state index in [2.05, 4.69) is 29.9 Å². The van der Waals surface area contributed by atoms with E-state index in [-0.39, 0.29) is 94.6 Å². The Morgan fingerprint density at radius 3 is 1.35 bits per heavy atom. The van der Waals surface area contributed by atoms with Gasteiger partial charge in [0.15, 0.2) is 42.8 Å². The number of hydrogen-bond donors (Lipinski definition) is 5. The van der Waals surface area contributed by atoms with E-state index in [9.17, 15) is 53.7 Å². The van der Waals surface area contributed by atoms with Crippen LogP contribution in [0.25, 0.3) is 20.7 Å². The molecule has 3 saturated heterocycles. The Hall–Kier alpha value is -11.7. The number of anilines is 2. The van der Waals surface area contributed by atoms with E-state index in [0.29, 0.717) is 22.5 Å². The van der Waals surface area contributed by atoms with E-state index in [1.54, 1.807) is 76.4 Å². The van der Waals surface area contributed by atoms with Crippen molar-refractivity contribution in [2.24, 2.45) is 0 Å². The van der Waals surface area contributed by atoms with Crippen LogP contribution in [0.4, 0.5) is 17.3 Å². The van der Waals surface area contributed by atoms with Gasteiger partial charge >= 0.3 is 51.0 Å². The topological polar surface area (TPSA) is 457 Å². The van der Waals surface area contributed by atoms with Crippen LogP contribution in [-0.2, 0) is 51.5 Å². The van der Waals surface area contributed by atoms with Crippen LogP contribution in [0.2, 0.25) is 0 Å². The van der Waals surface area contributed by atoms with Gasteiger partial charge in [-0.25, -0.2) is 55.9 Å². The average molecular weight is 1510 g/mol. The fourth-order valence-electron chi connectivity index (χ4n) is 11.1. The number of nitrogen functional groups attached to an aromatic ring is 2. The number of aromatic nitrogens is 6. The highest BCUT2D eigenvalue weighted by Gasteiger charge is 2.69. The van der Waals surface area contributed by atoms with E-state index in [1.807, 2.05) is 0 Å². The number of phosphoric ester groups is 2. The first-order chi connectivity index (χ1) is 51.2. The molecule has 12 rings (SSSR count). The quantitative estimate of drug-likeness (QED) is 0.00887. The molecule has 0 amide bonds. The fourth-order valence-corrected chi connectivity index (χ4v) is 13.7. The number of hydrogen-bond acceptors (Lipinski definition) is 31. The average Bonchev–Trinajstić information content (AvgIpc) is 1.58. The van der Waals surface area contributed by atoms with Crippen molar-refractivity contribution in [2.75, 3.05) is 51.1 Å². The van der Waals surface area contributed by atoms with Gasteiger partial charge in [-0.05, 0) is 126 Å². The molecule has 3 fully saturated rings. The molecule has 38 heteroatoms. The number of fused-ring (bicyclic) bond motifs is 3. The number of benzene rings is 5. The van der Waals surface area contributed by atoms with Crippen LogP contribution in [0.15, 0.2) is 158 Å². The summed E-state index contributed by atoms with van der Waals surface area (Å²) in [6.07, 6.45) is -4.26. The Morgan fingerprint density at radius 1 is 0.561 bits per heavy atom. The van der Waals surface area contributed by atoms with Crippen molar-refractivity contribution in [1.29, 1.82) is 0 Å². The molecular formula is C69H69N11O25P2. The largest absolute Gasteiger partial charge is 0.647 e. The second-order valence-electron chi connectivity index (χ2n) is 23.2. The van der Waals surface area contributed by atoms with E-state index in [4.69, 9.17) is 89.6 Å². The van der Waals surface area contributed by atoms with Crippen LogP contribution in [0.5, 0.6) is 28.7 Å². The van der Waals surface area contributed by atoms with Crippen LogP contribution in [0, 0.1) is 23.3 Å². The van der Waals surface area contributed by atoms with Crippen molar-refractivity contribution in [1.82, 2.24) is 29.2 Å². The van der Waals surface area contributed by atoms with Crippen molar-refractivity contribution < 1.29 is 114 Å². The standard InChI is InChI=1S/C30H30N5O11P.C24H22NO10P.C15H17N5O4/c1-4-41-28(38)18-10-6-8-12-22(18)45-47(40,46-23-13-9-7-11-19(23)29(39)42-5-2)43-16-30(32-3)26(37)24(36)25(44-30)20-14-15-21-27(31)33-17-34-35(20)21;1-3-31-23(26)19-9-5-7-11-21(19)34-36(30,33-18-15-13-17(14-16-18)25(28)29)35-22-12-8-6-10-20(22)24(27)32-4-2;1-14(2)22-11-10(23-15(6-21,17-3)12(11)24-14)8-4-5-9-13(16)18-7-19-20(8)9/h6-15,17,24-26,36-37H,4-5,16H2,1-2H3,(H2,31,33,34);5-16H,3-4H2,1-2H3;4-5,7,10-12,21H,6H2,1-2H3,(H2,16,18,19)/t24-,25-,26-,30+;;10-,11-,12-,15+/m0.0/s1. The molecule has 0 spiro atoms. The maximum absolute atomic E-state index is 14.4. The van der Waals surface area contributed by atoms with Crippen molar-refractivity contribution in [3.63, 3.8) is 0 Å². The predicted molar refractivity (Wildman–Crippen MR) is 371 cm³/mol. The lowest BCUT2D eigenvalue weighted by Crippen LogP contribution is -2.44. The number of para-hydroxylation sites is 4. The summed E-state index contributed by atoms with van der Waals surface area (Å²) in [5.74, 6) is -4.45. The third-order valence-corrected chi connectivity index (χ3v) is 18.5. The highest BCUT2D eigenvalue weighted by molar-refractivity contribution is 7.50. The van der Waals surface area contributed by atoms with Crippen LogP contribution in [0.3, 0.4) is 0 Å². The summed E-state index contributed by atoms with van der Waals surface area (Å²) in [6.45, 7) is 24.2. The van der Waals surface area contributed by atoms with Crippen LogP contribution < -0.4 is 34.1 Å². The molecule has 0 aliphatic carbocycles. The van der Waals surface area contributed by atoms with Gasteiger partial charge in [-0.1, -0.05) is 48.5 Å². The Bertz CT molecular complexity index is 4820. The molecule has 36 nitrogen and oxygen atoms in total. The number of non-ortho nitro benzene ring substituents is 1. The lowest BCUT2D eigenvalue weighted by atomic mass is 10.0. The summed E-state index contributed by atoms with van der Waals surface area (Å²) in [5, 5.41) is 51.2. The Morgan fingerprint density at radius 2 is 0.953 bits per heavy atom. The first-order valence-corrected chi connectivity index (χ1v) is 35.4. The van der Waals surface area contributed by atoms with Gasteiger partial charge in [0.05, 0.1) is 42.7 Å². The number of aliphatic hydroxyl groups is 3. The number of phosphoric acid groups is 2. The third-order valence-electron chi connectivity index (χ3n) is 15.9. The van der Waals surface area contributed by atoms with Crippen LogP contribution in [-0.4, -0.2) is 155 Å². The van der Waals surface area contributed by atoms with Gasteiger partial charge in [0.25, 0.3) is 5.69 Å². The zero-order chi connectivity index (χ0) is 77.0. The summed E-state index contributed by atoms with van der Waals surface area (Å²) in [6, 6.07) is 34.4. The van der Waals surface area contributed by atoms with Gasteiger partial charge in [-0.2, -0.15) is 14.8 Å². The molecule has 7 N–H and O–H groups in total. The van der Waals surface area contributed by atoms with Crippen LogP contribution in [0.1, 0.15) is 107 Å². The molecule has 0 radical (unpaired) electrons. The second-order valence-corrected chi connectivity index (χ2v) is 26.2. The fraction of sp³-hybridized carbons (Fsp3) is 0.304. The molecule has 0 bridgehead atoms. The first-order valence-electron chi connectivity index (χ1n) is 32.5. The zero-order valence-corrected chi connectivity index (χ0v) is 59.4. The number of carbonyl (C=O) groups excluding carboxylic acids is 4. The first kappa shape index (κ1) is 77.9. The smallest absolute Gasteiger partial charge is 0.462 e. The van der Waals surface area contributed by atoms with Gasteiger partial charge in [0.2, 0.25) is 0 Å². The minimum Gasteiger partial charge on any atom is -0.462 e. The number of nitrogens with two attached hydrogens (primary N) is 2. The van der Waals surface area contributed by atoms with Crippen molar-refractivity contribution in [3.05, 3.63) is 225 Å². The van der Waals surface area contributed by atoms with Gasteiger partial charge in [-0.3, -0.25) is 33.8 Å². The van der Waals surface area contributed by atoms with Gasteiger partial charge in [0.1, 0.15) is 99.1 Å². The minimum atomic E-state index is -4.99. The van der Waals surface area contributed by atoms with E-state index >= 15 is 0 Å². The molecule has 7 heterocycles. The van der Waals surface area contributed by atoms with E-state index < -0.39 is 112 Å². The predicted octanol–water partition coefficient (Wildman–Crippen LogP) is 9.46. The third kappa shape index (κ3) is 17.0. The summed E-state index contributed by atoms with van der Waals surface area (Å²) < 4.78 is 109. The summed E-state index contributed by atoms with van der Waals surface area (Å²) in [5.41, 5.74) is 9.26. The molecule has 560 valence electrons. The number of esters is 4. The van der Waals surface area contributed by atoms with E-state index in [1.165, 1.54) is 120 Å². The molecule has 9 aromatic rings. The van der Waals surface area contributed by atoms with Crippen molar-refractivity contribution in [3.8, 4) is 28.7 Å². The summed E-state index contributed by atoms with van der Waals surface area (Å²) in [7, 11) is -9.67. The lowest BCUT2D eigenvalue weighted by Gasteiger charge is -2.24. The number of nitrogens with zero attached hydrogens (tertiary/aromatic N) is 9. The maximum atomic E-state index is 14.4. The molecule has 4 aromatic heterocycles. The second kappa shape index (κ2) is 33.2. The van der Waals surface area contributed by atoms with Gasteiger partial charge < -0.3 is 77.8 Å². The number of aliphatic hydroxyl groups excluding tert-OH is 3. The van der Waals surface area contributed by atoms with Gasteiger partial charge in [-0.15, -0.1) is 0 Å². The Kier molecular flexibility index (Phi) is 24.2. The summed E-state index contributed by atoms with van der Waals surface area (Å²) >= 11 is 0. The molecule has 3 aliphatic rings. The maximum Gasteiger partial charge on any atom is 0.647 e. The molecular weight excluding hydrogens is 1440 g/mol. The molecule has 8 atom stereocenters. The summed E-state index contributed by atoms with van der Waals surface area (Å²) in [4.78, 5) is 75.2. The Labute approximate surface area is 608 Å². The highest BCUT2D eigenvalue weighted by atomic mass is 31.2. The number of ether oxygens (including phenoxy) is 8. The SMILES string of the molecule is CCOC(=O)c1ccccc1OP(=O)(Oc1ccc([N+](=O)[O-])cc1)Oc1ccccc1C(=O)OCC.[C-]#[N+][C@]1(CO)O[C@@H](c2ccc3c(N)ncnn23)[C@@H]2OC(C)(C)O[C@@H]21.[C-]#[N+][C@]1(COP(=O)(Oc2ccccc2C(=O)OCC)Oc2ccccc2C(=O)OCC)O[C@@H](c2ccc3c(N)ncnn23)[C@H](O)[C@@H]1O. The highest BCUT2D eigenvalue weighted by Crippen LogP contribution is 2.55. The lowest BCUT2D eigenvalue weighted by molar-refractivity contribution is -0.384. The molecule has 5 aromatic carbocycles. The number of nitro groups is 1. The molecule has 3 aliphatic heterocycles. The molecule has 0 saturated carbocycles. The van der Waals surface area contributed by atoms with Crippen LogP contribution >= 0.6 is 15.6 Å². The molecule has 0 unspecified atom stereocenters. The number of rotatable bonds is 25. The van der Waals surface area contributed by atoms with E-state index in [0.717, 1.165) is 12.1 Å². The zero-order valence-electron chi connectivity index (χ0n) is 57.6. The van der Waals surface area contributed by atoms with Crippen molar-refractivity contribution in [2.45, 2.75) is 95.4 Å². The Balaban J connectivity index is 0.000000180. The monoisotopic (exact) mass is 1510 g/mol. The number of nitro benzene ring substituents is 1. The van der Waals surface area contributed by atoms with Gasteiger partial charge in [0, 0.05) is 12.1 Å². The molecule has 107 heavy (non-hydrogen) atoms. The van der Waals surface area contributed by atoms with Crippen molar-refractivity contribution >= 4 is 67.9 Å². The normalized spacial score (nSPS) is 20.4. The number of carbonyl (C=O) groups is 4.